The monoisotopic (exact) mass is 355 g/mol. The molecule has 0 fully saturated rings. The van der Waals surface area contributed by atoms with E-state index in [0.29, 0.717) is 34.9 Å². The van der Waals surface area contributed by atoms with Gasteiger partial charge in [-0.1, -0.05) is 12.1 Å². The highest BCUT2D eigenvalue weighted by molar-refractivity contribution is 5.97. The number of benzene rings is 2. The Morgan fingerprint density at radius 3 is 2.65 bits per heavy atom. The van der Waals surface area contributed by atoms with Crippen molar-refractivity contribution in [3.05, 3.63) is 53.6 Å². The van der Waals surface area contributed by atoms with Crippen LogP contribution in [-0.2, 0) is 4.79 Å². The van der Waals surface area contributed by atoms with E-state index in [1.807, 2.05) is 6.92 Å². The lowest BCUT2D eigenvalue weighted by Gasteiger charge is -2.11. The molecule has 136 valence electrons. The molecule has 0 heterocycles. The lowest BCUT2D eigenvalue weighted by Crippen LogP contribution is -2.18. The summed E-state index contributed by atoms with van der Waals surface area (Å²) in [5, 5.41) is 6.61. The normalized spacial score (nSPS) is 10.4. The van der Waals surface area contributed by atoms with E-state index in [9.17, 15) is 9.59 Å². The van der Waals surface area contributed by atoms with Crippen LogP contribution in [-0.4, -0.2) is 31.7 Å². The Morgan fingerprint density at radius 2 is 1.96 bits per heavy atom. The summed E-state index contributed by atoms with van der Waals surface area (Å²) >= 11 is 0. The predicted octanol–water partition coefficient (Wildman–Crippen LogP) is 2.82. The van der Waals surface area contributed by atoms with E-state index in [2.05, 4.69) is 15.8 Å². The summed E-state index contributed by atoms with van der Waals surface area (Å²) < 4.78 is 10.9. The van der Waals surface area contributed by atoms with Gasteiger partial charge in [0.15, 0.2) is 11.5 Å². The van der Waals surface area contributed by atoms with Crippen molar-refractivity contribution in [2.24, 2.45) is 5.10 Å². The largest absolute Gasteiger partial charge is 0.493 e. The van der Waals surface area contributed by atoms with Gasteiger partial charge in [-0.15, -0.1) is 0 Å². The van der Waals surface area contributed by atoms with Crippen molar-refractivity contribution >= 4 is 23.7 Å². The van der Waals surface area contributed by atoms with Gasteiger partial charge in [-0.05, 0) is 37.3 Å². The molecule has 2 rings (SSSR count). The highest BCUT2D eigenvalue weighted by Gasteiger charge is 2.09. The first-order valence-corrected chi connectivity index (χ1v) is 8.06. The molecule has 0 aromatic heterocycles. The van der Waals surface area contributed by atoms with Gasteiger partial charge in [0, 0.05) is 23.7 Å². The SMILES string of the molecule is CCOc1c(/C=N\NC(=O)c2cccc(NC(C)=O)c2)cccc1OC. The van der Waals surface area contributed by atoms with Crippen LogP contribution < -0.4 is 20.2 Å². The molecule has 7 nitrogen and oxygen atoms in total. The summed E-state index contributed by atoms with van der Waals surface area (Å²) in [6.07, 6.45) is 1.49. The van der Waals surface area contributed by atoms with Gasteiger partial charge >= 0.3 is 0 Å². The fraction of sp³-hybridized carbons (Fsp3) is 0.211. The van der Waals surface area contributed by atoms with E-state index in [1.165, 1.54) is 13.1 Å². The summed E-state index contributed by atoms with van der Waals surface area (Å²) in [5.41, 5.74) is 4.06. The number of nitrogens with one attached hydrogen (secondary N) is 2. The van der Waals surface area contributed by atoms with Gasteiger partial charge in [0.2, 0.25) is 5.91 Å². The van der Waals surface area contributed by atoms with Gasteiger partial charge in [0.1, 0.15) is 0 Å². The van der Waals surface area contributed by atoms with Crippen molar-refractivity contribution in [2.45, 2.75) is 13.8 Å². The number of hydrogen-bond acceptors (Lipinski definition) is 5. The maximum absolute atomic E-state index is 12.2. The number of para-hydroxylation sites is 1. The first-order valence-electron chi connectivity index (χ1n) is 8.06. The summed E-state index contributed by atoms with van der Waals surface area (Å²) in [4.78, 5) is 23.3. The number of methoxy groups -OCH3 is 1. The zero-order valence-corrected chi connectivity index (χ0v) is 14.9. The molecule has 0 saturated heterocycles. The topological polar surface area (TPSA) is 89.0 Å². The Labute approximate surface area is 152 Å². The van der Waals surface area contributed by atoms with Crippen LogP contribution in [0, 0.1) is 0 Å². The van der Waals surface area contributed by atoms with Crippen LogP contribution in [0.25, 0.3) is 0 Å². The van der Waals surface area contributed by atoms with Crippen LogP contribution >= 0.6 is 0 Å². The van der Waals surface area contributed by atoms with Crippen molar-refractivity contribution in [1.29, 1.82) is 0 Å². The molecule has 2 amide bonds. The van der Waals surface area contributed by atoms with Crippen molar-refractivity contribution in [3.63, 3.8) is 0 Å². The maximum Gasteiger partial charge on any atom is 0.271 e. The standard InChI is InChI=1S/C19H21N3O4/c1-4-26-18-15(8-6-10-17(18)25-3)12-20-22-19(24)14-7-5-9-16(11-14)21-13(2)23/h5-12H,4H2,1-3H3,(H,21,23)(H,22,24)/b20-12-. The lowest BCUT2D eigenvalue weighted by atomic mass is 10.2. The van der Waals surface area contributed by atoms with Crippen molar-refractivity contribution < 1.29 is 19.1 Å². The second-order valence-corrected chi connectivity index (χ2v) is 5.27. The van der Waals surface area contributed by atoms with Crippen LogP contribution in [0.3, 0.4) is 0 Å². The third-order valence-corrected chi connectivity index (χ3v) is 3.33. The minimum Gasteiger partial charge on any atom is -0.493 e. The Hall–Kier alpha value is -3.35. The van der Waals surface area contributed by atoms with Crippen molar-refractivity contribution in [2.75, 3.05) is 19.0 Å². The average molecular weight is 355 g/mol. The van der Waals surface area contributed by atoms with Gasteiger partial charge in [-0.25, -0.2) is 5.43 Å². The number of ether oxygens (including phenoxy) is 2. The number of hydrazone groups is 1. The minimum absolute atomic E-state index is 0.206. The van der Waals surface area contributed by atoms with E-state index in [-0.39, 0.29) is 5.91 Å². The van der Waals surface area contributed by atoms with E-state index < -0.39 is 5.91 Å². The summed E-state index contributed by atoms with van der Waals surface area (Å²) in [5.74, 6) is 0.546. The Morgan fingerprint density at radius 1 is 1.19 bits per heavy atom. The fourth-order valence-electron chi connectivity index (χ4n) is 2.26. The molecule has 0 atom stereocenters. The molecule has 0 bridgehead atoms. The van der Waals surface area contributed by atoms with Gasteiger partial charge in [-0.3, -0.25) is 9.59 Å². The first-order chi connectivity index (χ1) is 12.5. The van der Waals surface area contributed by atoms with Crippen LogP contribution in [0.1, 0.15) is 29.8 Å². The summed E-state index contributed by atoms with van der Waals surface area (Å²) in [6.45, 7) is 3.75. The highest BCUT2D eigenvalue weighted by Crippen LogP contribution is 2.29. The van der Waals surface area contributed by atoms with Gasteiger partial charge < -0.3 is 14.8 Å². The van der Waals surface area contributed by atoms with Gasteiger partial charge in [0.05, 0.1) is 19.9 Å². The highest BCUT2D eigenvalue weighted by atomic mass is 16.5. The van der Waals surface area contributed by atoms with E-state index in [1.54, 1.807) is 49.6 Å². The predicted molar refractivity (Wildman–Crippen MR) is 100.0 cm³/mol. The third-order valence-electron chi connectivity index (χ3n) is 3.33. The lowest BCUT2D eigenvalue weighted by molar-refractivity contribution is -0.114. The molecule has 0 unspecified atom stereocenters. The maximum atomic E-state index is 12.2. The molecule has 7 heteroatoms. The van der Waals surface area contributed by atoms with Gasteiger partial charge in [0.25, 0.3) is 5.91 Å². The zero-order valence-electron chi connectivity index (χ0n) is 14.9. The van der Waals surface area contributed by atoms with Crippen LogP contribution in [0.2, 0.25) is 0 Å². The van der Waals surface area contributed by atoms with Crippen LogP contribution in [0.15, 0.2) is 47.6 Å². The van der Waals surface area contributed by atoms with Crippen molar-refractivity contribution in [3.8, 4) is 11.5 Å². The number of nitrogens with zero attached hydrogens (tertiary/aromatic N) is 1. The molecule has 2 aromatic carbocycles. The Kier molecular flexibility index (Phi) is 6.73. The molecule has 0 aliphatic heterocycles. The molecule has 2 aromatic rings. The molecule has 0 aliphatic carbocycles. The Balaban J connectivity index is 2.11. The third kappa shape index (κ3) is 5.07. The summed E-state index contributed by atoms with van der Waals surface area (Å²) in [7, 11) is 1.56. The molecule has 0 radical (unpaired) electrons. The number of anilines is 1. The van der Waals surface area contributed by atoms with E-state index in [4.69, 9.17) is 9.47 Å². The first kappa shape index (κ1) is 19.0. The van der Waals surface area contributed by atoms with Crippen LogP contribution in [0.4, 0.5) is 5.69 Å². The molecule has 0 spiro atoms. The fourth-order valence-corrected chi connectivity index (χ4v) is 2.26. The van der Waals surface area contributed by atoms with Gasteiger partial charge in [-0.2, -0.15) is 5.10 Å². The second-order valence-electron chi connectivity index (χ2n) is 5.27. The van der Waals surface area contributed by atoms with E-state index in [0.717, 1.165) is 0 Å². The number of amides is 2. The minimum atomic E-state index is -0.394. The number of hydrogen-bond donors (Lipinski definition) is 2. The quantitative estimate of drug-likeness (QED) is 0.590. The summed E-state index contributed by atoms with van der Waals surface area (Å²) in [6, 6.07) is 12.0. The molecule has 2 N–H and O–H groups in total. The number of carbonyl (C=O) groups excluding carboxylic acids is 2. The van der Waals surface area contributed by atoms with Crippen molar-refractivity contribution in [1.82, 2.24) is 5.43 Å². The number of carbonyl (C=O) groups is 2. The second kappa shape index (κ2) is 9.22. The molecular weight excluding hydrogens is 334 g/mol. The van der Waals surface area contributed by atoms with Crippen LogP contribution in [0.5, 0.6) is 11.5 Å². The smallest absolute Gasteiger partial charge is 0.271 e. The number of rotatable bonds is 7. The zero-order chi connectivity index (χ0) is 18.9. The molecule has 0 saturated carbocycles. The molecule has 26 heavy (non-hydrogen) atoms. The molecule has 0 aliphatic rings. The van der Waals surface area contributed by atoms with E-state index >= 15 is 0 Å². The molecular formula is C19H21N3O4. The average Bonchev–Trinajstić information content (AvgIpc) is 2.62. The Bertz CT molecular complexity index is 818.